The number of nitrogens with zero attached hydrogens (tertiary/aromatic N) is 1. The highest BCUT2D eigenvalue weighted by Crippen LogP contribution is 2.26. The van der Waals surface area contributed by atoms with Crippen LogP contribution in [0.1, 0.15) is 26.5 Å². The van der Waals surface area contributed by atoms with Crippen LogP contribution >= 0.6 is 11.6 Å². The number of aromatic amines is 1. The lowest BCUT2D eigenvalue weighted by atomic mass is 10.1. The normalized spacial score (nSPS) is 11.8. The number of rotatable bonds is 3. The Hall–Kier alpha value is -2.31. The van der Waals surface area contributed by atoms with Crippen molar-refractivity contribution in [1.29, 1.82) is 0 Å². The quantitative estimate of drug-likeness (QED) is 0.496. The first-order chi connectivity index (χ1) is 11.3. The molecule has 2 heterocycles. The van der Waals surface area contributed by atoms with E-state index in [0.717, 1.165) is 27.4 Å². The van der Waals surface area contributed by atoms with Gasteiger partial charge in [-0.05, 0) is 32.9 Å². The maximum absolute atomic E-state index is 11.6. The number of benzene rings is 1. The molecule has 6 nitrogen and oxygen atoms in total. The number of carbonyl (C=O) groups excluding carboxylic acids is 1. The largest absolute Gasteiger partial charge is 0.443 e. The van der Waals surface area contributed by atoms with Gasteiger partial charge in [0.15, 0.2) is 0 Å². The Morgan fingerprint density at radius 2 is 2.04 bits per heavy atom. The zero-order valence-electron chi connectivity index (χ0n) is 13.7. The van der Waals surface area contributed by atoms with E-state index in [-0.39, 0.29) is 0 Å². The molecular formula is C17H19ClN4O2. The van der Waals surface area contributed by atoms with Gasteiger partial charge in [-0.2, -0.15) is 0 Å². The maximum atomic E-state index is 11.6. The van der Waals surface area contributed by atoms with Crippen LogP contribution in [0.3, 0.4) is 0 Å². The minimum Gasteiger partial charge on any atom is -0.443 e. The van der Waals surface area contributed by atoms with Crippen LogP contribution in [0, 0.1) is 0 Å². The maximum Gasteiger partial charge on any atom is 0.422 e. The molecule has 7 heteroatoms. The lowest BCUT2D eigenvalue weighted by molar-refractivity contribution is 0.0497. The summed E-state index contributed by atoms with van der Waals surface area (Å²) in [5, 5.41) is 3.55. The predicted molar refractivity (Wildman–Crippen MR) is 94.8 cm³/mol. The van der Waals surface area contributed by atoms with E-state index in [1.807, 2.05) is 45.0 Å². The fourth-order valence-corrected chi connectivity index (χ4v) is 2.62. The molecule has 0 bridgehead atoms. The van der Waals surface area contributed by atoms with Crippen molar-refractivity contribution in [3.63, 3.8) is 0 Å². The van der Waals surface area contributed by atoms with Crippen molar-refractivity contribution < 1.29 is 9.53 Å². The first kappa shape index (κ1) is 16.5. The van der Waals surface area contributed by atoms with Crippen LogP contribution < -0.4 is 10.9 Å². The van der Waals surface area contributed by atoms with Crippen molar-refractivity contribution >= 4 is 39.4 Å². The molecule has 126 valence electrons. The molecule has 0 fully saturated rings. The van der Waals surface area contributed by atoms with E-state index in [0.29, 0.717) is 11.7 Å². The summed E-state index contributed by atoms with van der Waals surface area (Å²) >= 11 is 6.00. The molecule has 1 aromatic carbocycles. The van der Waals surface area contributed by atoms with E-state index >= 15 is 0 Å². The molecule has 3 N–H and O–H groups in total. The van der Waals surface area contributed by atoms with E-state index in [2.05, 4.69) is 20.8 Å². The van der Waals surface area contributed by atoms with Crippen molar-refractivity contribution in [2.75, 3.05) is 0 Å². The molecule has 0 radical (unpaired) electrons. The van der Waals surface area contributed by atoms with E-state index in [1.165, 1.54) is 0 Å². The summed E-state index contributed by atoms with van der Waals surface area (Å²) in [6.07, 6.45) is 1.24. The van der Waals surface area contributed by atoms with Gasteiger partial charge >= 0.3 is 6.09 Å². The Kier molecular flexibility index (Phi) is 4.34. The summed E-state index contributed by atoms with van der Waals surface area (Å²) in [5.74, 6) is 0. The van der Waals surface area contributed by atoms with Gasteiger partial charge in [0.1, 0.15) is 10.8 Å². The second kappa shape index (κ2) is 6.30. The Morgan fingerprint density at radius 3 is 2.79 bits per heavy atom. The van der Waals surface area contributed by atoms with Crippen LogP contribution in [0.5, 0.6) is 0 Å². The fourth-order valence-electron chi connectivity index (χ4n) is 2.46. The molecule has 0 saturated heterocycles. The van der Waals surface area contributed by atoms with Crippen LogP contribution in [0.4, 0.5) is 4.79 Å². The summed E-state index contributed by atoms with van der Waals surface area (Å²) in [7, 11) is 0. The van der Waals surface area contributed by atoms with Gasteiger partial charge in [0, 0.05) is 28.0 Å². The second-order valence-electron chi connectivity index (χ2n) is 6.53. The molecule has 0 aliphatic heterocycles. The number of aromatic nitrogens is 2. The number of pyridine rings is 1. The van der Waals surface area contributed by atoms with Crippen molar-refractivity contribution in [3.05, 3.63) is 41.3 Å². The molecule has 0 aliphatic rings. The molecule has 0 unspecified atom stereocenters. The third-order valence-electron chi connectivity index (χ3n) is 3.39. The van der Waals surface area contributed by atoms with E-state index in [4.69, 9.17) is 16.3 Å². The number of fused-ring (bicyclic) bond motifs is 3. The molecule has 0 saturated carbocycles. The average Bonchev–Trinajstić information content (AvgIpc) is 2.88. The summed E-state index contributed by atoms with van der Waals surface area (Å²) < 4.78 is 5.16. The minimum atomic E-state index is -0.529. The zero-order chi connectivity index (χ0) is 17.3. The average molecular weight is 347 g/mol. The Balaban J connectivity index is 1.73. The molecule has 3 aromatic rings. The Labute approximate surface area is 144 Å². The number of H-pyrrole nitrogens is 1. The van der Waals surface area contributed by atoms with Crippen LogP contribution in [0.15, 0.2) is 30.5 Å². The molecule has 1 amide bonds. The summed E-state index contributed by atoms with van der Waals surface area (Å²) in [4.78, 5) is 19.0. The molecule has 2 aromatic heterocycles. The highest BCUT2D eigenvalue weighted by Gasteiger charge is 2.15. The van der Waals surface area contributed by atoms with Gasteiger partial charge < -0.3 is 9.72 Å². The van der Waals surface area contributed by atoms with Gasteiger partial charge in [-0.25, -0.2) is 15.2 Å². The van der Waals surface area contributed by atoms with Crippen molar-refractivity contribution in [2.45, 2.75) is 32.9 Å². The van der Waals surface area contributed by atoms with E-state index in [9.17, 15) is 4.79 Å². The van der Waals surface area contributed by atoms with Gasteiger partial charge in [0.25, 0.3) is 0 Å². The predicted octanol–water partition coefficient (Wildman–Crippen LogP) is 3.90. The topological polar surface area (TPSA) is 79.0 Å². The number of carbonyl (C=O) groups is 1. The second-order valence-corrected chi connectivity index (χ2v) is 6.92. The third-order valence-corrected chi connectivity index (χ3v) is 3.59. The van der Waals surface area contributed by atoms with Crippen LogP contribution in [-0.4, -0.2) is 21.7 Å². The van der Waals surface area contributed by atoms with Gasteiger partial charge in [-0.1, -0.05) is 23.7 Å². The third kappa shape index (κ3) is 3.77. The molecule has 24 heavy (non-hydrogen) atoms. The van der Waals surface area contributed by atoms with Gasteiger partial charge in [0.2, 0.25) is 0 Å². The van der Waals surface area contributed by atoms with E-state index in [1.54, 1.807) is 6.20 Å². The number of hydrogen-bond acceptors (Lipinski definition) is 4. The lowest BCUT2D eigenvalue weighted by Gasteiger charge is -2.19. The molecule has 0 atom stereocenters. The summed E-state index contributed by atoms with van der Waals surface area (Å²) in [6, 6.07) is 7.89. The number of halogens is 1. The molecule has 0 aliphatic carbocycles. The van der Waals surface area contributed by atoms with Gasteiger partial charge in [0.05, 0.1) is 12.1 Å². The summed E-state index contributed by atoms with van der Waals surface area (Å²) in [6.45, 7) is 5.88. The Morgan fingerprint density at radius 1 is 1.29 bits per heavy atom. The van der Waals surface area contributed by atoms with Crippen molar-refractivity contribution in [1.82, 2.24) is 20.8 Å². The van der Waals surface area contributed by atoms with Crippen LogP contribution in [0.25, 0.3) is 21.7 Å². The van der Waals surface area contributed by atoms with Crippen LogP contribution in [-0.2, 0) is 11.3 Å². The fraction of sp³-hybridized carbons (Fsp3) is 0.294. The Bertz CT molecular complexity index is 899. The zero-order valence-corrected chi connectivity index (χ0v) is 14.5. The lowest BCUT2D eigenvalue weighted by Crippen LogP contribution is -2.40. The molecule has 3 rings (SSSR count). The minimum absolute atomic E-state index is 0.439. The summed E-state index contributed by atoms with van der Waals surface area (Å²) in [5.41, 5.74) is 6.76. The molecular weight excluding hydrogens is 328 g/mol. The highest BCUT2D eigenvalue weighted by atomic mass is 35.5. The molecule has 0 spiro atoms. The SMILES string of the molecule is CC(C)(C)OC(=O)NNCc1cc2ccc3cnc(Cl)cc3c2[nH]1. The standard InChI is InChI=1S/C17H19ClN4O2/c1-17(2,3)24-16(23)22-20-9-12-6-10-4-5-11-8-19-14(18)7-13(11)15(10)21-12/h4-8,20-21H,9H2,1-3H3,(H,22,23). The van der Waals surface area contributed by atoms with Gasteiger partial charge in [-0.3, -0.25) is 5.43 Å². The first-order valence-corrected chi connectivity index (χ1v) is 7.97. The number of amides is 1. The van der Waals surface area contributed by atoms with Crippen molar-refractivity contribution in [3.8, 4) is 0 Å². The van der Waals surface area contributed by atoms with Crippen molar-refractivity contribution in [2.24, 2.45) is 0 Å². The van der Waals surface area contributed by atoms with E-state index < -0.39 is 11.7 Å². The number of ether oxygens (including phenoxy) is 1. The highest BCUT2D eigenvalue weighted by molar-refractivity contribution is 6.30. The van der Waals surface area contributed by atoms with Gasteiger partial charge in [-0.15, -0.1) is 0 Å². The smallest absolute Gasteiger partial charge is 0.422 e. The number of hydrogen-bond donors (Lipinski definition) is 3. The van der Waals surface area contributed by atoms with Crippen LogP contribution in [0.2, 0.25) is 5.15 Å². The number of nitrogens with one attached hydrogen (secondary N) is 3. The monoisotopic (exact) mass is 346 g/mol. The first-order valence-electron chi connectivity index (χ1n) is 7.59. The number of hydrazine groups is 1.